The maximum atomic E-state index is 14.2. The summed E-state index contributed by atoms with van der Waals surface area (Å²) < 4.78 is 34.3. The van der Waals surface area contributed by atoms with Gasteiger partial charge in [-0.2, -0.15) is 0 Å². The van der Waals surface area contributed by atoms with Crippen molar-refractivity contribution in [1.29, 1.82) is 0 Å². The highest BCUT2D eigenvalue weighted by Gasteiger charge is 2.22. The Hall–Kier alpha value is -1.46. The molecule has 0 saturated heterocycles. The van der Waals surface area contributed by atoms with E-state index in [1.54, 1.807) is 7.05 Å². The van der Waals surface area contributed by atoms with Crippen molar-refractivity contribution < 1.29 is 13.5 Å². The van der Waals surface area contributed by atoms with Crippen LogP contribution >= 0.6 is 15.9 Å². The zero-order chi connectivity index (χ0) is 15.6. The zero-order valence-corrected chi connectivity index (χ0v) is 13.6. The van der Waals surface area contributed by atoms with Gasteiger partial charge >= 0.3 is 0 Å². The van der Waals surface area contributed by atoms with E-state index < -0.39 is 17.7 Å². The molecular weight excluding hydrogens is 340 g/mol. The van der Waals surface area contributed by atoms with E-state index in [-0.39, 0.29) is 11.3 Å². The first-order valence-corrected chi connectivity index (χ1v) is 7.23. The van der Waals surface area contributed by atoms with E-state index in [0.29, 0.717) is 0 Å². The van der Waals surface area contributed by atoms with Gasteiger partial charge in [0.15, 0.2) is 0 Å². The van der Waals surface area contributed by atoms with E-state index in [0.717, 1.165) is 15.6 Å². The van der Waals surface area contributed by atoms with Gasteiger partial charge in [0.1, 0.15) is 17.4 Å². The van der Waals surface area contributed by atoms with Crippen LogP contribution in [0.3, 0.4) is 0 Å². The first-order chi connectivity index (χ1) is 9.97. The van der Waals surface area contributed by atoms with E-state index in [2.05, 4.69) is 21.2 Å². The molecule has 112 valence electrons. The summed E-state index contributed by atoms with van der Waals surface area (Å²) in [6, 6.07) is 7.41. The molecule has 0 aliphatic carbocycles. The van der Waals surface area contributed by atoms with Gasteiger partial charge in [0.2, 0.25) is 0 Å². The third-order valence-corrected chi connectivity index (χ3v) is 4.27. The second-order valence-corrected chi connectivity index (χ2v) is 5.59. The summed E-state index contributed by atoms with van der Waals surface area (Å²) in [5.74, 6) is -1.10. The van der Waals surface area contributed by atoms with Crippen molar-refractivity contribution in [1.82, 2.24) is 5.32 Å². The van der Waals surface area contributed by atoms with Gasteiger partial charge in [-0.3, -0.25) is 0 Å². The maximum Gasteiger partial charge on any atom is 0.134 e. The molecule has 1 N–H and O–H groups in total. The fourth-order valence-corrected chi connectivity index (χ4v) is 2.53. The molecule has 0 saturated carbocycles. The Balaban J connectivity index is 2.53. The molecule has 1 atom stereocenters. The minimum absolute atomic E-state index is 0.0139. The summed E-state index contributed by atoms with van der Waals surface area (Å²) in [5.41, 5.74) is 1.78. The highest BCUT2D eigenvalue weighted by Crippen LogP contribution is 2.31. The predicted octanol–water partition coefficient (Wildman–Crippen LogP) is 4.35. The Kier molecular flexibility index (Phi) is 4.96. The van der Waals surface area contributed by atoms with Crippen LogP contribution in [0.25, 0.3) is 0 Å². The lowest BCUT2D eigenvalue weighted by Crippen LogP contribution is -2.20. The van der Waals surface area contributed by atoms with Crippen LogP contribution in [-0.2, 0) is 0 Å². The third-order valence-electron chi connectivity index (χ3n) is 3.38. The second-order valence-electron chi connectivity index (χ2n) is 4.74. The van der Waals surface area contributed by atoms with Crippen molar-refractivity contribution in [2.24, 2.45) is 0 Å². The summed E-state index contributed by atoms with van der Waals surface area (Å²) in [7, 11) is 3.05. The number of methoxy groups -OCH3 is 1. The van der Waals surface area contributed by atoms with Gasteiger partial charge in [-0.1, -0.05) is 28.1 Å². The van der Waals surface area contributed by atoms with Crippen LogP contribution in [0.2, 0.25) is 0 Å². The molecule has 2 nitrogen and oxygen atoms in total. The number of halogens is 3. The van der Waals surface area contributed by atoms with Crippen molar-refractivity contribution in [3.63, 3.8) is 0 Å². The van der Waals surface area contributed by atoms with E-state index in [4.69, 9.17) is 4.74 Å². The Morgan fingerprint density at radius 1 is 1.14 bits per heavy atom. The van der Waals surface area contributed by atoms with Crippen LogP contribution in [0, 0.1) is 18.6 Å². The Bertz CT molecular complexity index is 638. The number of ether oxygens (including phenoxy) is 1. The SMILES string of the molecule is CNC(c1ccc(Br)c(C)c1)c1c(F)cc(OC)cc1F. The predicted molar refractivity (Wildman–Crippen MR) is 82.7 cm³/mol. The molecule has 0 bridgehead atoms. The van der Waals surface area contributed by atoms with Crippen LogP contribution in [0.5, 0.6) is 5.75 Å². The highest BCUT2D eigenvalue weighted by atomic mass is 79.9. The number of hydrogen-bond acceptors (Lipinski definition) is 2. The van der Waals surface area contributed by atoms with Crippen LogP contribution in [0.15, 0.2) is 34.8 Å². The zero-order valence-electron chi connectivity index (χ0n) is 12.0. The fourth-order valence-electron chi connectivity index (χ4n) is 2.28. The summed E-state index contributed by atoms with van der Waals surface area (Å²) in [5, 5.41) is 2.96. The van der Waals surface area contributed by atoms with E-state index in [1.807, 2.05) is 25.1 Å². The first kappa shape index (κ1) is 15.9. The minimum Gasteiger partial charge on any atom is -0.497 e. The van der Waals surface area contributed by atoms with Gasteiger partial charge in [-0.25, -0.2) is 8.78 Å². The molecule has 5 heteroatoms. The average molecular weight is 356 g/mol. The lowest BCUT2D eigenvalue weighted by Gasteiger charge is -2.20. The number of benzene rings is 2. The van der Waals surface area contributed by atoms with Crippen molar-refractivity contribution in [3.05, 3.63) is 63.1 Å². The summed E-state index contributed by atoms with van der Waals surface area (Å²) in [4.78, 5) is 0. The lowest BCUT2D eigenvalue weighted by atomic mass is 9.96. The van der Waals surface area contributed by atoms with Gasteiger partial charge in [-0.15, -0.1) is 0 Å². The summed E-state index contributed by atoms with van der Waals surface area (Å²) in [6.45, 7) is 1.93. The van der Waals surface area contributed by atoms with E-state index in [9.17, 15) is 8.78 Å². The molecule has 0 spiro atoms. The first-order valence-electron chi connectivity index (χ1n) is 6.44. The smallest absolute Gasteiger partial charge is 0.134 e. The van der Waals surface area contributed by atoms with Crippen molar-refractivity contribution in [3.8, 4) is 5.75 Å². The second kappa shape index (κ2) is 6.54. The summed E-state index contributed by atoms with van der Waals surface area (Å²) in [6.07, 6.45) is 0. The molecule has 2 aromatic carbocycles. The topological polar surface area (TPSA) is 21.3 Å². The number of aryl methyl sites for hydroxylation is 1. The molecule has 0 amide bonds. The summed E-state index contributed by atoms with van der Waals surface area (Å²) >= 11 is 3.42. The van der Waals surface area contributed by atoms with Gasteiger partial charge < -0.3 is 10.1 Å². The molecule has 2 rings (SSSR count). The van der Waals surface area contributed by atoms with Crippen LogP contribution < -0.4 is 10.1 Å². The van der Waals surface area contributed by atoms with E-state index in [1.165, 1.54) is 19.2 Å². The van der Waals surface area contributed by atoms with Crippen molar-refractivity contribution in [2.75, 3.05) is 14.2 Å². The third kappa shape index (κ3) is 3.24. The minimum atomic E-state index is -0.633. The Morgan fingerprint density at radius 2 is 1.76 bits per heavy atom. The Labute approximate surface area is 131 Å². The molecule has 0 aliphatic heterocycles. The van der Waals surface area contributed by atoms with Crippen molar-refractivity contribution >= 4 is 15.9 Å². The lowest BCUT2D eigenvalue weighted by molar-refractivity contribution is 0.403. The number of rotatable bonds is 4. The van der Waals surface area contributed by atoms with Gasteiger partial charge in [0, 0.05) is 22.2 Å². The maximum absolute atomic E-state index is 14.2. The molecule has 0 aliphatic rings. The number of hydrogen-bond donors (Lipinski definition) is 1. The normalized spacial score (nSPS) is 12.3. The van der Waals surface area contributed by atoms with E-state index >= 15 is 0 Å². The highest BCUT2D eigenvalue weighted by molar-refractivity contribution is 9.10. The quantitative estimate of drug-likeness (QED) is 0.879. The van der Waals surface area contributed by atoms with Gasteiger partial charge in [-0.05, 0) is 31.2 Å². The monoisotopic (exact) mass is 355 g/mol. The molecule has 0 radical (unpaired) electrons. The van der Waals surface area contributed by atoms with Crippen LogP contribution in [0.4, 0.5) is 8.78 Å². The largest absolute Gasteiger partial charge is 0.497 e. The van der Waals surface area contributed by atoms with Crippen LogP contribution in [-0.4, -0.2) is 14.2 Å². The molecule has 21 heavy (non-hydrogen) atoms. The molecular formula is C16H16BrF2NO. The fraction of sp³-hybridized carbons (Fsp3) is 0.250. The molecule has 1 unspecified atom stereocenters. The average Bonchev–Trinajstić information content (AvgIpc) is 2.45. The standard InChI is InChI=1S/C16H16BrF2NO/c1-9-6-10(4-5-12(9)17)16(20-2)15-13(18)7-11(21-3)8-14(15)19/h4-8,16,20H,1-3H3. The van der Waals surface area contributed by atoms with Crippen molar-refractivity contribution in [2.45, 2.75) is 13.0 Å². The molecule has 0 aromatic heterocycles. The Morgan fingerprint density at radius 3 is 2.24 bits per heavy atom. The molecule has 0 heterocycles. The van der Waals surface area contributed by atoms with Gasteiger partial charge in [0.25, 0.3) is 0 Å². The number of nitrogens with one attached hydrogen (secondary N) is 1. The van der Waals surface area contributed by atoms with Gasteiger partial charge in [0.05, 0.1) is 13.2 Å². The molecule has 0 fully saturated rings. The molecule has 2 aromatic rings. The van der Waals surface area contributed by atoms with Crippen LogP contribution in [0.1, 0.15) is 22.7 Å².